The second-order valence-electron chi connectivity index (χ2n) is 4.37. The van der Waals surface area contributed by atoms with Crippen molar-refractivity contribution in [2.45, 2.75) is 6.42 Å². The van der Waals surface area contributed by atoms with E-state index in [1.54, 1.807) is 12.1 Å². The first-order chi connectivity index (χ1) is 9.49. The molecule has 0 aliphatic carbocycles. The van der Waals surface area contributed by atoms with Crippen LogP contribution in [0.5, 0.6) is 0 Å². The largest absolute Gasteiger partial charge is 0.366 e. The van der Waals surface area contributed by atoms with E-state index in [2.05, 4.69) is 0 Å². The molecule has 2 rings (SSSR count). The zero-order valence-electron chi connectivity index (χ0n) is 10.6. The van der Waals surface area contributed by atoms with Gasteiger partial charge in [-0.1, -0.05) is 18.2 Å². The van der Waals surface area contributed by atoms with Crippen LogP contribution < -0.4 is 11.5 Å². The second kappa shape index (κ2) is 5.52. The lowest BCUT2D eigenvalue weighted by Crippen LogP contribution is -2.20. The molecular formula is C15H13FN2O2. The van der Waals surface area contributed by atoms with E-state index < -0.39 is 11.8 Å². The fourth-order valence-corrected chi connectivity index (χ4v) is 2.09. The Balaban J connectivity index is 2.53. The summed E-state index contributed by atoms with van der Waals surface area (Å²) in [6, 6.07) is 10.5. The second-order valence-corrected chi connectivity index (χ2v) is 4.37. The smallest absolute Gasteiger partial charge is 0.249 e. The number of nitrogens with two attached hydrogens (primary N) is 2. The lowest BCUT2D eigenvalue weighted by Gasteiger charge is -2.11. The molecule has 0 atom stereocenters. The molecule has 4 N–H and O–H groups in total. The third-order valence-electron chi connectivity index (χ3n) is 2.98. The van der Waals surface area contributed by atoms with Crippen molar-refractivity contribution in [2.75, 3.05) is 0 Å². The molecule has 0 radical (unpaired) electrons. The Morgan fingerprint density at radius 1 is 0.950 bits per heavy atom. The summed E-state index contributed by atoms with van der Waals surface area (Å²) in [4.78, 5) is 22.9. The number of amides is 2. The molecule has 0 aromatic heterocycles. The summed E-state index contributed by atoms with van der Waals surface area (Å²) in [6.45, 7) is 0. The van der Waals surface area contributed by atoms with E-state index in [4.69, 9.17) is 11.5 Å². The van der Waals surface area contributed by atoms with Gasteiger partial charge < -0.3 is 11.5 Å². The van der Waals surface area contributed by atoms with Gasteiger partial charge in [-0.2, -0.15) is 0 Å². The molecule has 0 bridgehead atoms. The normalized spacial score (nSPS) is 10.2. The van der Waals surface area contributed by atoms with Crippen molar-refractivity contribution in [2.24, 2.45) is 11.5 Å². The number of halogens is 1. The van der Waals surface area contributed by atoms with Crippen molar-refractivity contribution in [3.05, 3.63) is 70.5 Å². The maximum atomic E-state index is 13.2. The zero-order chi connectivity index (χ0) is 14.7. The number of hydrogen-bond donors (Lipinski definition) is 2. The van der Waals surface area contributed by atoms with E-state index in [1.165, 1.54) is 30.3 Å². The van der Waals surface area contributed by atoms with E-state index in [9.17, 15) is 14.0 Å². The SMILES string of the molecule is NC(=O)c1cccc(C(N)=O)c1Cc1cccc(F)c1. The number of carbonyl (C=O) groups excluding carboxylic acids is 2. The molecule has 0 unspecified atom stereocenters. The minimum atomic E-state index is -0.653. The van der Waals surface area contributed by atoms with Crippen molar-refractivity contribution in [3.8, 4) is 0 Å². The Hall–Kier alpha value is -2.69. The van der Waals surface area contributed by atoms with E-state index in [0.29, 0.717) is 11.1 Å². The molecule has 0 fully saturated rings. The Labute approximate surface area is 115 Å². The van der Waals surface area contributed by atoms with Crippen molar-refractivity contribution in [3.63, 3.8) is 0 Å². The van der Waals surface area contributed by atoms with Gasteiger partial charge in [0, 0.05) is 11.1 Å². The maximum Gasteiger partial charge on any atom is 0.249 e. The minimum Gasteiger partial charge on any atom is -0.366 e. The quantitative estimate of drug-likeness (QED) is 0.886. The first-order valence-electron chi connectivity index (χ1n) is 5.95. The molecule has 102 valence electrons. The summed E-state index contributed by atoms with van der Waals surface area (Å²) in [5, 5.41) is 0. The molecule has 0 saturated carbocycles. The van der Waals surface area contributed by atoms with Crippen molar-refractivity contribution < 1.29 is 14.0 Å². The van der Waals surface area contributed by atoms with Crippen LogP contribution in [-0.4, -0.2) is 11.8 Å². The molecule has 5 heteroatoms. The van der Waals surface area contributed by atoms with E-state index in [-0.39, 0.29) is 23.4 Å². The van der Waals surface area contributed by atoms with Crippen LogP contribution in [0.15, 0.2) is 42.5 Å². The van der Waals surface area contributed by atoms with Gasteiger partial charge in [0.25, 0.3) is 0 Å². The zero-order valence-corrected chi connectivity index (χ0v) is 10.6. The lowest BCUT2D eigenvalue weighted by atomic mass is 9.94. The standard InChI is InChI=1S/C15H13FN2O2/c16-10-4-1-3-9(7-10)8-13-11(14(17)19)5-2-6-12(13)15(18)20/h1-7H,8H2,(H2,17,19)(H2,18,20). The number of hydrogen-bond acceptors (Lipinski definition) is 2. The van der Waals surface area contributed by atoms with Gasteiger partial charge >= 0.3 is 0 Å². The highest BCUT2D eigenvalue weighted by Gasteiger charge is 2.16. The predicted octanol–water partition coefficient (Wildman–Crippen LogP) is 1.61. The molecule has 0 saturated heterocycles. The van der Waals surface area contributed by atoms with Crippen LogP contribution in [0, 0.1) is 5.82 Å². The predicted molar refractivity (Wildman–Crippen MR) is 72.7 cm³/mol. The van der Waals surface area contributed by atoms with Crippen LogP contribution in [0.4, 0.5) is 4.39 Å². The van der Waals surface area contributed by atoms with E-state index in [0.717, 1.165) is 0 Å². The Morgan fingerprint density at radius 2 is 1.50 bits per heavy atom. The Morgan fingerprint density at radius 3 is 2.00 bits per heavy atom. The first-order valence-corrected chi connectivity index (χ1v) is 5.95. The molecule has 0 spiro atoms. The molecule has 0 aliphatic rings. The molecule has 2 amide bonds. The summed E-state index contributed by atoms with van der Waals surface area (Å²) in [6.07, 6.45) is 0.204. The Kier molecular flexibility index (Phi) is 3.79. The topological polar surface area (TPSA) is 86.2 Å². The first kappa shape index (κ1) is 13.7. The van der Waals surface area contributed by atoms with E-state index >= 15 is 0 Å². The van der Waals surface area contributed by atoms with Gasteiger partial charge in [0.1, 0.15) is 5.82 Å². The highest BCUT2D eigenvalue weighted by atomic mass is 19.1. The maximum absolute atomic E-state index is 13.2. The molecule has 2 aromatic carbocycles. The summed E-state index contributed by atoms with van der Waals surface area (Å²) in [5.41, 5.74) is 12.1. The van der Waals surface area contributed by atoms with Crippen LogP contribution in [0.1, 0.15) is 31.8 Å². The molecule has 0 aliphatic heterocycles. The highest BCUT2D eigenvalue weighted by molar-refractivity contribution is 6.01. The van der Waals surface area contributed by atoms with Crippen LogP contribution in [0.3, 0.4) is 0 Å². The van der Waals surface area contributed by atoms with Gasteiger partial charge in [-0.15, -0.1) is 0 Å². The fourth-order valence-electron chi connectivity index (χ4n) is 2.09. The molecule has 2 aromatic rings. The summed E-state index contributed by atoms with van der Waals surface area (Å²) in [5.74, 6) is -1.70. The van der Waals surface area contributed by atoms with Crippen molar-refractivity contribution in [1.82, 2.24) is 0 Å². The third kappa shape index (κ3) is 2.83. The summed E-state index contributed by atoms with van der Waals surface area (Å²) in [7, 11) is 0. The summed E-state index contributed by atoms with van der Waals surface area (Å²) < 4.78 is 13.2. The number of rotatable bonds is 4. The van der Waals surface area contributed by atoms with Gasteiger partial charge in [-0.25, -0.2) is 4.39 Å². The molecule has 4 nitrogen and oxygen atoms in total. The van der Waals surface area contributed by atoms with Crippen LogP contribution in [0.2, 0.25) is 0 Å². The number of primary amides is 2. The van der Waals surface area contributed by atoms with Crippen molar-refractivity contribution >= 4 is 11.8 Å². The number of carbonyl (C=O) groups is 2. The summed E-state index contributed by atoms with van der Waals surface area (Å²) >= 11 is 0. The molecule has 20 heavy (non-hydrogen) atoms. The molecule has 0 heterocycles. The average molecular weight is 272 g/mol. The fraction of sp³-hybridized carbons (Fsp3) is 0.0667. The van der Waals surface area contributed by atoms with Crippen molar-refractivity contribution in [1.29, 1.82) is 0 Å². The lowest BCUT2D eigenvalue weighted by molar-refractivity contribution is 0.0999. The van der Waals surface area contributed by atoms with Gasteiger partial charge in [0.15, 0.2) is 0 Å². The average Bonchev–Trinajstić information content (AvgIpc) is 2.38. The van der Waals surface area contributed by atoms with Gasteiger partial charge in [-0.05, 0) is 41.8 Å². The molecular weight excluding hydrogens is 259 g/mol. The van der Waals surface area contributed by atoms with Gasteiger partial charge in [-0.3, -0.25) is 9.59 Å². The third-order valence-corrected chi connectivity index (χ3v) is 2.98. The monoisotopic (exact) mass is 272 g/mol. The van der Waals surface area contributed by atoms with Crippen LogP contribution in [0.25, 0.3) is 0 Å². The highest BCUT2D eigenvalue weighted by Crippen LogP contribution is 2.19. The van der Waals surface area contributed by atoms with Crippen LogP contribution >= 0.6 is 0 Å². The van der Waals surface area contributed by atoms with Gasteiger partial charge in [0.05, 0.1) is 0 Å². The van der Waals surface area contributed by atoms with E-state index in [1.807, 2.05) is 0 Å². The minimum absolute atomic E-state index is 0.204. The Bertz CT molecular complexity index is 651. The van der Waals surface area contributed by atoms with Crippen LogP contribution in [-0.2, 0) is 6.42 Å². The van der Waals surface area contributed by atoms with Gasteiger partial charge in [0.2, 0.25) is 11.8 Å². The number of benzene rings is 2.